The summed E-state index contributed by atoms with van der Waals surface area (Å²) in [4.78, 5) is 10.7. The number of rotatable bonds is 2. The summed E-state index contributed by atoms with van der Waals surface area (Å²) in [5, 5.41) is 7.48. The Balaban J connectivity index is 2.38. The molecule has 0 aliphatic carbocycles. The van der Waals surface area contributed by atoms with Gasteiger partial charge < -0.3 is 5.32 Å². The summed E-state index contributed by atoms with van der Waals surface area (Å²) in [6.45, 7) is 0.532. The Labute approximate surface area is 75.5 Å². The predicted molar refractivity (Wildman–Crippen MR) is 50.5 cm³/mol. The molecule has 1 rings (SSSR count). The van der Waals surface area contributed by atoms with E-state index >= 15 is 0 Å². The largest absolute Gasteiger partial charge is 0.342 e. The standard InChI is InChI=1S/C8H10N2OS/c9-12-8(11)10-6-7-4-2-1-3-5-7/h1-5H,6,9H2,(H,10,11). The van der Waals surface area contributed by atoms with Gasteiger partial charge in [0.2, 0.25) is 0 Å². The number of carbonyl (C=O) groups excluding carboxylic acids is 1. The maximum atomic E-state index is 10.7. The molecule has 0 aliphatic rings. The monoisotopic (exact) mass is 182 g/mol. The van der Waals surface area contributed by atoms with E-state index in [1.807, 2.05) is 30.3 Å². The van der Waals surface area contributed by atoms with Crippen molar-refractivity contribution >= 4 is 17.2 Å². The molecular weight excluding hydrogens is 172 g/mol. The molecule has 0 unspecified atom stereocenters. The van der Waals surface area contributed by atoms with Crippen LogP contribution in [0, 0.1) is 0 Å². The summed E-state index contributed by atoms with van der Waals surface area (Å²) in [7, 11) is 0. The Morgan fingerprint density at radius 1 is 1.42 bits per heavy atom. The van der Waals surface area contributed by atoms with E-state index in [2.05, 4.69) is 5.32 Å². The highest BCUT2D eigenvalue weighted by Gasteiger charge is 1.96. The first-order chi connectivity index (χ1) is 5.83. The van der Waals surface area contributed by atoms with E-state index in [0.717, 1.165) is 5.56 Å². The Morgan fingerprint density at radius 2 is 2.08 bits per heavy atom. The van der Waals surface area contributed by atoms with E-state index in [1.165, 1.54) is 0 Å². The minimum atomic E-state index is -0.209. The van der Waals surface area contributed by atoms with Crippen molar-refractivity contribution in [1.82, 2.24) is 5.32 Å². The quantitative estimate of drug-likeness (QED) is 0.681. The lowest BCUT2D eigenvalue weighted by molar-refractivity contribution is 0.260. The molecule has 0 aliphatic heterocycles. The van der Waals surface area contributed by atoms with Gasteiger partial charge in [0, 0.05) is 18.5 Å². The van der Waals surface area contributed by atoms with Crippen LogP contribution >= 0.6 is 11.9 Å². The fourth-order valence-corrected chi connectivity index (χ4v) is 0.967. The molecule has 0 saturated heterocycles. The SMILES string of the molecule is NSC(=O)NCc1ccccc1. The molecule has 0 fully saturated rings. The number of nitrogens with one attached hydrogen (secondary N) is 1. The molecule has 64 valence electrons. The molecule has 1 aromatic carbocycles. The molecule has 1 aromatic rings. The fraction of sp³-hybridized carbons (Fsp3) is 0.125. The lowest BCUT2D eigenvalue weighted by Gasteiger charge is -2.01. The minimum Gasteiger partial charge on any atom is -0.342 e. The lowest BCUT2D eigenvalue weighted by atomic mass is 10.2. The first-order valence-electron chi connectivity index (χ1n) is 3.51. The van der Waals surface area contributed by atoms with Crippen LogP contribution in [0.5, 0.6) is 0 Å². The molecule has 0 saturated carbocycles. The number of amides is 1. The van der Waals surface area contributed by atoms with E-state index in [1.54, 1.807) is 0 Å². The number of nitrogens with two attached hydrogens (primary N) is 1. The zero-order chi connectivity index (χ0) is 8.81. The highest BCUT2D eigenvalue weighted by Crippen LogP contribution is 1.98. The Morgan fingerprint density at radius 3 is 2.67 bits per heavy atom. The van der Waals surface area contributed by atoms with Gasteiger partial charge in [-0.25, -0.2) is 0 Å². The third-order valence-corrected chi connectivity index (χ3v) is 1.75. The van der Waals surface area contributed by atoms with Gasteiger partial charge >= 0.3 is 0 Å². The summed E-state index contributed by atoms with van der Waals surface area (Å²) in [5.41, 5.74) is 1.07. The molecule has 12 heavy (non-hydrogen) atoms. The van der Waals surface area contributed by atoms with Gasteiger partial charge in [-0.1, -0.05) is 30.3 Å². The molecule has 1 amide bonds. The van der Waals surface area contributed by atoms with Crippen LogP contribution in [0.4, 0.5) is 4.79 Å². The van der Waals surface area contributed by atoms with E-state index in [9.17, 15) is 4.79 Å². The van der Waals surface area contributed by atoms with Crippen LogP contribution in [-0.2, 0) is 6.54 Å². The second-order valence-corrected chi connectivity index (χ2v) is 2.85. The van der Waals surface area contributed by atoms with Gasteiger partial charge in [-0.05, 0) is 5.56 Å². The minimum absolute atomic E-state index is 0.209. The van der Waals surface area contributed by atoms with Crippen molar-refractivity contribution in [2.45, 2.75) is 6.54 Å². The lowest BCUT2D eigenvalue weighted by Crippen LogP contribution is -2.19. The Kier molecular flexibility index (Phi) is 3.63. The third kappa shape index (κ3) is 2.94. The van der Waals surface area contributed by atoms with Gasteiger partial charge in [0.1, 0.15) is 0 Å². The highest BCUT2D eigenvalue weighted by atomic mass is 32.2. The Bertz CT molecular complexity index is 250. The molecule has 3 N–H and O–H groups in total. The van der Waals surface area contributed by atoms with Crippen molar-refractivity contribution in [3.05, 3.63) is 35.9 Å². The number of hydrogen-bond donors (Lipinski definition) is 2. The number of hydrogen-bond acceptors (Lipinski definition) is 3. The number of carbonyl (C=O) groups is 1. The van der Waals surface area contributed by atoms with E-state index < -0.39 is 0 Å². The zero-order valence-corrected chi connectivity index (χ0v) is 7.30. The smallest absolute Gasteiger partial charge is 0.294 e. The van der Waals surface area contributed by atoms with E-state index in [4.69, 9.17) is 5.14 Å². The summed E-state index contributed by atoms with van der Waals surface area (Å²) < 4.78 is 0. The van der Waals surface area contributed by atoms with Crippen molar-refractivity contribution in [2.24, 2.45) is 5.14 Å². The van der Waals surface area contributed by atoms with Crippen LogP contribution in [0.2, 0.25) is 0 Å². The molecular formula is C8H10N2OS. The fourth-order valence-electron chi connectivity index (χ4n) is 0.812. The Hall–Kier alpha value is -1.00. The van der Waals surface area contributed by atoms with Crippen LogP contribution in [0.25, 0.3) is 0 Å². The summed E-state index contributed by atoms with van der Waals surface area (Å²) in [5.74, 6) is 0. The average Bonchev–Trinajstić information content (AvgIpc) is 2.16. The topological polar surface area (TPSA) is 55.1 Å². The first-order valence-corrected chi connectivity index (χ1v) is 4.39. The van der Waals surface area contributed by atoms with Gasteiger partial charge in [-0.15, -0.1) is 0 Å². The van der Waals surface area contributed by atoms with Crippen LogP contribution in [-0.4, -0.2) is 5.24 Å². The third-order valence-electron chi connectivity index (χ3n) is 1.39. The second-order valence-electron chi connectivity index (χ2n) is 2.24. The second kappa shape index (κ2) is 4.79. The van der Waals surface area contributed by atoms with Crippen molar-refractivity contribution in [3.63, 3.8) is 0 Å². The van der Waals surface area contributed by atoms with Crippen LogP contribution in [0.3, 0.4) is 0 Å². The van der Waals surface area contributed by atoms with Gasteiger partial charge in [-0.2, -0.15) is 0 Å². The van der Waals surface area contributed by atoms with Gasteiger partial charge in [0.15, 0.2) is 0 Å². The summed E-state index contributed by atoms with van der Waals surface area (Å²) in [6, 6.07) is 9.68. The molecule has 0 spiro atoms. The van der Waals surface area contributed by atoms with Crippen LogP contribution in [0.1, 0.15) is 5.56 Å². The molecule has 0 radical (unpaired) electrons. The average molecular weight is 182 g/mol. The van der Waals surface area contributed by atoms with Crippen molar-refractivity contribution in [3.8, 4) is 0 Å². The van der Waals surface area contributed by atoms with Crippen molar-refractivity contribution in [2.75, 3.05) is 0 Å². The van der Waals surface area contributed by atoms with Crippen molar-refractivity contribution in [1.29, 1.82) is 0 Å². The highest BCUT2D eigenvalue weighted by molar-refractivity contribution is 8.11. The van der Waals surface area contributed by atoms with Gasteiger partial charge in [0.05, 0.1) is 0 Å². The molecule has 0 aromatic heterocycles. The molecule has 0 heterocycles. The van der Waals surface area contributed by atoms with E-state index in [-0.39, 0.29) is 5.24 Å². The van der Waals surface area contributed by atoms with Crippen LogP contribution in [0.15, 0.2) is 30.3 Å². The van der Waals surface area contributed by atoms with E-state index in [0.29, 0.717) is 18.5 Å². The predicted octanol–water partition coefficient (Wildman–Crippen LogP) is 1.50. The number of benzene rings is 1. The normalized spacial score (nSPS) is 9.42. The summed E-state index contributed by atoms with van der Waals surface area (Å²) >= 11 is 0.694. The summed E-state index contributed by atoms with van der Waals surface area (Å²) in [6.07, 6.45) is 0. The first kappa shape index (κ1) is 9.09. The van der Waals surface area contributed by atoms with Gasteiger partial charge in [0.25, 0.3) is 5.24 Å². The van der Waals surface area contributed by atoms with Gasteiger partial charge in [-0.3, -0.25) is 9.93 Å². The van der Waals surface area contributed by atoms with Crippen LogP contribution < -0.4 is 10.5 Å². The molecule has 4 heteroatoms. The molecule has 0 atom stereocenters. The maximum absolute atomic E-state index is 10.7. The van der Waals surface area contributed by atoms with Crippen molar-refractivity contribution < 1.29 is 4.79 Å². The maximum Gasteiger partial charge on any atom is 0.294 e. The molecule has 3 nitrogen and oxygen atoms in total. The molecule has 0 bridgehead atoms. The zero-order valence-electron chi connectivity index (χ0n) is 6.49.